The number of aliphatic hydroxyl groups is 7. The van der Waals surface area contributed by atoms with E-state index in [1.807, 2.05) is 140 Å². The number of aromatic nitrogens is 4. The molecule has 772 valence electrons. The Labute approximate surface area is 885 Å². The third-order valence-electron chi connectivity index (χ3n) is 30.2. The first-order valence-corrected chi connectivity index (χ1v) is 52.4. The molecule has 4 fully saturated rings. The lowest BCUT2D eigenvalue weighted by molar-refractivity contribution is -0.384. The monoisotopic (exact) mass is 2080 g/mol. The largest absolute Gasteiger partial charge is 0.487 e. The Bertz CT molecular complexity index is 6910. The second-order valence-corrected chi connectivity index (χ2v) is 43.2. The molecule has 2 atom stereocenters. The molecule has 148 heavy (non-hydrogen) atoms. The predicted molar refractivity (Wildman–Crippen MR) is 580 cm³/mol. The standard InChI is InChI=1S/C32H37ClN2O4.C30H32ClN3O5.C30H33ClN2O3.C28H27ClN2O3/c1-30(2,37)23-10-13-29-27(18-23)25(26-6-4-15-34-28(26)19-39-29)7-5-16-35-17-14-32(38,31(3,20-35)21-36)22-8-11-24(33)12-9-22;1-29(2,35)20-8-10-28-24(17-20)22(23-5-3-13-32-26(23)19-39-28)6-4-14-33-15-11-30(36,12-16-33)21-7-9-25(31)27(18-21)34(37)38;1-29(2,34)21-11-12-28-24(19-21)22(23-7-5-15-32-27(23)20-36-28)8-6-16-33-17-13-30(35,14-18-33)25-9-3-4-10-26(25)31;29-22-8-5-19(6-9-22)20-11-15-31(16-12-20)14-2-4-23-24-3-1-13-30-26(24)18-34-27-10-7-21(28(32)33)17-25(23)27/h4,6-13,15,18,36-38H,5,14,16-17,19-21H2,1-3H3;3,5-10,13,17-18,35-36H,4,11-12,14-16,19H2,1-2H3;3-5,7-12,15,19,34-35H,6,13-14,16-18,20H2,1-2H3;1,3-10,13,17,20H,2,11-12,14-16,18H2,(H,32,33)/b25-7+;22-6+;22-8+;23-4+. The maximum absolute atomic E-state index is 11.8. The zero-order valence-corrected chi connectivity index (χ0v) is 87.7. The maximum Gasteiger partial charge on any atom is 0.335 e. The molecule has 0 bridgehead atoms. The van der Waals surface area contributed by atoms with Gasteiger partial charge in [0.2, 0.25) is 0 Å². The van der Waals surface area contributed by atoms with Gasteiger partial charge in [-0.3, -0.25) is 30.1 Å². The predicted octanol–water partition coefficient (Wildman–Crippen LogP) is 22.5. The van der Waals surface area contributed by atoms with Crippen molar-refractivity contribution in [1.82, 2.24) is 39.5 Å². The van der Waals surface area contributed by atoms with E-state index < -0.39 is 49.9 Å². The number of hydrogen-bond acceptors (Lipinski definition) is 22. The number of benzene rings is 8. The molecule has 0 radical (unpaired) electrons. The molecule has 8 N–H and O–H groups in total. The molecular formula is C120H129Cl4N9O15. The first-order chi connectivity index (χ1) is 70.9. The molecule has 0 amide bonds. The number of piperidine rings is 4. The van der Waals surface area contributed by atoms with Gasteiger partial charge in [-0.1, -0.05) is 169 Å². The first kappa shape index (κ1) is 107. The molecule has 24 nitrogen and oxygen atoms in total. The fraction of sp³-hybridized carbons (Fsp3) is 0.358. The number of rotatable bonds is 22. The minimum Gasteiger partial charge on any atom is -0.487 e. The fourth-order valence-electron chi connectivity index (χ4n) is 21.3. The van der Waals surface area contributed by atoms with Gasteiger partial charge in [0.05, 0.1) is 73.5 Å². The molecule has 8 aromatic carbocycles. The van der Waals surface area contributed by atoms with Gasteiger partial charge in [0.1, 0.15) is 54.4 Å². The molecule has 0 saturated carbocycles. The average Bonchev–Trinajstić information content (AvgIpc) is 0.995. The highest BCUT2D eigenvalue weighted by Gasteiger charge is 2.52. The van der Waals surface area contributed by atoms with Crippen LogP contribution in [0.25, 0.3) is 22.3 Å². The third-order valence-corrected chi connectivity index (χ3v) is 31.3. The number of nitrogens with zero attached hydrogens (tertiary/aromatic N) is 9. The van der Waals surface area contributed by atoms with Gasteiger partial charge in [-0.15, -0.1) is 0 Å². The quantitative estimate of drug-likeness (QED) is 0.0231. The number of carboxylic acids is 1. The molecule has 28 heteroatoms. The van der Waals surface area contributed by atoms with Crippen molar-refractivity contribution in [3.8, 4) is 23.0 Å². The van der Waals surface area contributed by atoms with Crippen LogP contribution in [0.1, 0.15) is 242 Å². The molecule has 20 rings (SSSR count). The molecule has 12 aromatic rings. The van der Waals surface area contributed by atoms with Crippen molar-refractivity contribution in [3.05, 3.63) is 403 Å². The van der Waals surface area contributed by atoms with Gasteiger partial charge in [0.15, 0.2) is 0 Å². The van der Waals surface area contributed by atoms with Crippen molar-refractivity contribution in [3.63, 3.8) is 0 Å². The molecule has 2 unspecified atom stereocenters. The van der Waals surface area contributed by atoms with Crippen LogP contribution < -0.4 is 18.9 Å². The zero-order valence-electron chi connectivity index (χ0n) is 84.7. The highest BCUT2D eigenvalue weighted by molar-refractivity contribution is 6.33. The minimum absolute atomic E-state index is 0.0646. The molecule has 4 aromatic heterocycles. The number of hydrogen-bond donors (Lipinski definition) is 8. The van der Waals surface area contributed by atoms with Gasteiger partial charge in [0.25, 0.3) is 5.69 Å². The van der Waals surface area contributed by atoms with Crippen LogP contribution in [0.2, 0.25) is 20.1 Å². The van der Waals surface area contributed by atoms with Crippen molar-refractivity contribution >= 4 is 80.4 Å². The van der Waals surface area contributed by atoms with E-state index in [0.717, 1.165) is 231 Å². The van der Waals surface area contributed by atoms with Crippen LogP contribution in [0.3, 0.4) is 0 Å². The Kier molecular flexibility index (Phi) is 33.6. The van der Waals surface area contributed by atoms with Gasteiger partial charge in [-0.25, -0.2) is 4.79 Å². The van der Waals surface area contributed by atoms with Crippen molar-refractivity contribution in [2.24, 2.45) is 5.41 Å². The summed E-state index contributed by atoms with van der Waals surface area (Å²) in [4.78, 5) is 50.1. The average molecular weight is 2080 g/mol. The van der Waals surface area contributed by atoms with Crippen LogP contribution in [-0.4, -0.2) is 176 Å². The summed E-state index contributed by atoms with van der Waals surface area (Å²) in [7, 11) is 0. The third kappa shape index (κ3) is 24.9. The Balaban J connectivity index is 0.000000135. The van der Waals surface area contributed by atoms with E-state index in [9.17, 15) is 55.8 Å². The molecule has 8 aliphatic rings. The molecule has 4 saturated heterocycles. The van der Waals surface area contributed by atoms with Crippen LogP contribution in [0.4, 0.5) is 5.69 Å². The molecular weight excluding hydrogens is 1950 g/mol. The van der Waals surface area contributed by atoms with E-state index in [-0.39, 0.29) is 22.9 Å². The Morgan fingerprint density at radius 3 is 1.18 bits per heavy atom. The van der Waals surface area contributed by atoms with Crippen LogP contribution in [0.15, 0.2) is 261 Å². The van der Waals surface area contributed by atoms with Crippen molar-refractivity contribution < 1.29 is 69.5 Å². The Morgan fingerprint density at radius 1 is 0.426 bits per heavy atom. The minimum atomic E-state index is -1.14. The zero-order chi connectivity index (χ0) is 104. The molecule has 0 spiro atoms. The van der Waals surface area contributed by atoms with Crippen LogP contribution in [-0.2, 0) is 60.0 Å². The van der Waals surface area contributed by atoms with E-state index in [1.54, 1.807) is 103 Å². The van der Waals surface area contributed by atoms with Crippen LogP contribution in [0, 0.1) is 15.5 Å². The number of aromatic carboxylic acids is 1. The number of likely N-dealkylation sites (tertiary alicyclic amines) is 4. The smallest absolute Gasteiger partial charge is 0.335 e. The number of pyridine rings is 4. The van der Waals surface area contributed by atoms with E-state index in [1.165, 1.54) is 17.7 Å². The van der Waals surface area contributed by atoms with Gasteiger partial charge < -0.3 is 79.4 Å². The van der Waals surface area contributed by atoms with Gasteiger partial charge >= 0.3 is 5.97 Å². The second-order valence-electron chi connectivity index (χ2n) is 41.5. The second kappa shape index (κ2) is 46.3. The summed E-state index contributed by atoms with van der Waals surface area (Å²) in [5, 5.41) is 99.6. The van der Waals surface area contributed by atoms with Gasteiger partial charge in [-0.05, 0) is 302 Å². The number of ether oxygens (including phenoxy) is 4. The number of nitro groups is 1. The van der Waals surface area contributed by atoms with Crippen molar-refractivity contribution in [1.29, 1.82) is 0 Å². The highest BCUT2D eigenvalue weighted by atomic mass is 35.5. The summed E-state index contributed by atoms with van der Waals surface area (Å²) in [6.07, 6.45) is 24.3. The normalized spacial score (nSPS) is 19.8. The number of aliphatic hydroxyl groups excluding tert-OH is 1. The highest BCUT2D eigenvalue weighted by Crippen LogP contribution is 2.50. The number of halogens is 4. The van der Waals surface area contributed by atoms with Crippen molar-refractivity contribution in [2.75, 3.05) is 85.1 Å². The number of fused-ring (bicyclic) bond motifs is 8. The first-order valence-electron chi connectivity index (χ1n) is 50.9. The Hall–Kier alpha value is -11.9. The fourth-order valence-corrected chi connectivity index (χ4v) is 22.1. The van der Waals surface area contributed by atoms with Crippen LogP contribution >= 0.6 is 46.4 Å². The summed E-state index contributed by atoms with van der Waals surface area (Å²) in [5.74, 6) is 2.66. The summed E-state index contributed by atoms with van der Waals surface area (Å²) in [6.45, 7) is 23.8. The molecule has 8 aliphatic heterocycles. The lowest BCUT2D eigenvalue weighted by Gasteiger charge is -2.51. The van der Waals surface area contributed by atoms with E-state index in [2.05, 4.69) is 94.2 Å². The van der Waals surface area contributed by atoms with Crippen LogP contribution in [0.5, 0.6) is 23.0 Å². The SMILES string of the molecule is CC(C)(O)c1ccc2c(c1)/C(=C/CCN1CCC(O)(c3ccc(Cl)c([N+](=O)[O-])c3)CC1)c1cccnc1CO2.CC(C)(O)c1ccc2c(c1)/C(=C/CCN1CCC(O)(c3ccc(Cl)cc3)C(C)(CO)C1)c1cccnc1CO2.CC(C)(O)c1ccc2c(c1)/C(=C/CCN1CCC(O)(c3ccccc3Cl)CC1)c1cccnc1CO2.O=C(O)c1ccc2c(c1)/C(=C/CCN1CCC(c3ccc(Cl)cc3)CC1)c1cccnc1CO2. The lowest BCUT2D eigenvalue weighted by Crippen LogP contribution is -2.58. The summed E-state index contributed by atoms with van der Waals surface area (Å²) in [6, 6.07) is 66.3. The van der Waals surface area contributed by atoms with Crippen molar-refractivity contribution in [2.45, 2.75) is 185 Å². The summed E-state index contributed by atoms with van der Waals surface area (Å²) < 4.78 is 24.3. The maximum atomic E-state index is 11.8. The summed E-state index contributed by atoms with van der Waals surface area (Å²) >= 11 is 24.5. The van der Waals surface area contributed by atoms with Gasteiger partial charge in [-0.2, -0.15) is 0 Å². The number of carbonyl (C=O) groups is 1. The molecule has 0 aliphatic carbocycles. The molecule has 12 heterocycles. The number of carboxylic acid groups (broad SMARTS) is 1. The topological polar surface area (TPSA) is 323 Å². The van der Waals surface area contributed by atoms with E-state index in [0.29, 0.717) is 112 Å². The summed E-state index contributed by atoms with van der Waals surface area (Å²) in [5.41, 5.74) is 14.7. The van der Waals surface area contributed by atoms with Gasteiger partial charge in [0, 0.05) is 167 Å². The van der Waals surface area contributed by atoms with E-state index in [4.69, 9.17) is 65.4 Å². The number of nitro benzene ring substituents is 1. The Morgan fingerprint density at radius 2 is 0.791 bits per heavy atom. The lowest BCUT2D eigenvalue weighted by atomic mass is 9.65. The van der Waals surface area contributed by atoms with E-state index >= 15 is 0 Å².